The van der Waals surface area contributed by atoms with E-state index in [0.29, 0.717) is 11.4 Å². The molecule has 1 aromatic carbocycles. The van der Waals surface area contributed by atoms with Gasteiger partial charge in [0.1, 0.15) is 12.4 Å². The number of rotatable bonds is 6. The Labute approximate surface area is 126 Å². The molecule has 1 fully saturated rings. The van der Waals surface area contributed by atoms with Crippen molar-refractivity contribution in [2.24, 2.45) is 0 Å². The van der Waals surface area contributed by atoms with Gasteiger partial charge in [-0.15, -0.1) is 0 Å². The molecule has 3 N–H and O–H groups in total. The third kappa shape index (κ3) is 5.21. The van der Waals surface area contributed by atoms with Crippen LogP contribution < -0.4 is 15.2 Å². The summed E-state index contributed by atoms with van der Waals surface area (Å²) in [5.41, 5.74) is 5.94. The Balaban J connectivity index is 1.82. The molecule has 0 unspecified atom stereocenters. The summed E-state index contributed by atoms with van der Waals surface area (Å²) in [5, 5.41) is 0. The Morgan fingerprint density at radius 1 is 1.19 bits per heavy atom. The molecule has 0 bridgehead atoms. The largest absolute Gasteiger partial charge is 0.492 e. The Kier molecular flexibility index (Phi) is 5.11. The molecule has 0 aromatic heterocycles. The van der Waals surface area contributed by atoms with Crippen LogP contribution in [0, 0.1) is 0 Å². The van der Waals surface area contributed by atoms with Gasteiger partial charge in [-0.05, 0) is 44.0 Å². The first kappa shape index (κ1) is 16.1. The fraction of sp³-hybridized carbons (Fsp3) is 0.600. The Morgan fingerprint density at radius 2 is 1.81 bits per heavy atom. The lowest BCUT2D eigenvalue weighted by atomic mass is 9.84. The number of anilines is 1. The predicted octanol–water partition coefficient (Wildman–Crippen LogP) is 2.29. The van der Waals surface area contributed by atoms with E-state index >= 15 is 0 Å². The van der Waals surface area contributed by atoms with Crippen LogP contribution in [0.2, 0.25) is 0 Å². The van der Waals surface area contributed by atoms with Crippen LogP contribution >= 0.6 is 0 Å². The quantitative estimate of drug-likeness (QED) is 0.790. The molecule has 0 amide bonds. The third-order valence-electron chi connectivity index (χ3n) is 3.86. The standard InChI is InChI=1S/C15H24N2O3S/c1-15(9-3-2-4-10-15)17-21(18,19)12-11-20-14-7-5-13(16)6-8-14/h5-8,17H,2-4,9-12,16H2,1H3. The molecule has 1 aliphatic rings. The van der Waals surface area contributed by atoms with E-state index in [9.17, 15) is 8.42 Å². The molecule has 1 aliphatic carbocycles. The lowest BCUT2D eigenvalue weighted by Gasteiger charge is -2.34. The van der Waals surface area contributed by atoms with Crippen LogP contribution in [0.5, 0.6) is 5.75 Å². The molecule has 2 rings (SSSR count). The molecule has 0 heterocycles. The topological polar surface area (TPSA) is 81.4 Å². The van der Waals surface area contributed by atoms with E-state index in [2.05, 4.69) is 4.72 Å². The summed E-state index contributed by atoms with van der Waals surface area (Å²) in [5.74, 6) is 0.593. The van der Waals surface area contributed by atoms with E-state index in [1.54, 1.807) is 24.3 Å². The normalized spacial score (nSPS) is 18.3. The molecule has 6 heteroatoms. The lowest BCUT2D eigenvalue weighted by molar-refractivity contribution is 0.291. The molecule has 1 saturated carbocycles. The van der Waals surface area contributed by atoms with Gasteiger partial charge < -0.3 is 10.5 Å². The van der Waals surface area contributed by atoms with Gasteiger partial charge in [0, 0.05) is 11.2 Å². The van der Waals surface area contributed by atoms with E-state index in [0.717, 1.165) is 25.7 Å². The van der Waals surface area contributed by atoms with Crippen LogP contribution in [-0.4, -0.2) is 26.3 Å². The van der Waals surface area contributed by atoms with Crippen LogP contribution in [0.3, 0.4) is 0 Å². The van der Waals surface area contributed by atoms with Gasteiger partial charge >= 0.3 is 0 Å². The van der Waals surface area contributed by atoms with E-state index in [4.69, 9.17) is 10.5 Å². The van der Waals surface area contributed by atoms with Gasteiger partial charge in [0.05, 0.1) is 5.75 Å². The van der Waals surface area contributed by atoms with Crippen LogP contribution in [0.4, 0.5) is 5.69 Å². The highest BCUT2D eigenvalue weighted by molar-refractivity contribution is 7.89. The summed E-state index contributed by atoms with van der Waals surface area (Å²) < 4.78 is 32.6. The Morgan fingerprint density at radius 3 is 2.43 bits per heavy atom. The first-order valence-corrected chi connectivity index (χ1v) is 9.04. The van der Waals surface area contributed by atoms with Crippen molar-refractivity contribution in [3.8, 4) is 5.75 Å². The highest BCUT2D eigenvalue weighted by Gasteiger charge is 2.31. The zero-order chi connectivity index (χ0) is 15.3. The average molecular weight is 312 g/mol. The van der Waals surface area contributed by atoms with Crippen molar-refractivity contribution in [1.82, 2.24) is 4.72 Å². The molecule has 118 valence electrons. The highest BCUT2D eigenvalue weighted by Crippen LogP contribution is 2.28. The highest BCUT2D eigenvalue weighted by atomic mass is 32.2. The molecule has 0 radical (unpaired) electrons. The van der Waals surface area contributed by atoms with Gasteiger partial charge in [-0.25, -0.2) is 13.1 Å². The fourth-order valence-corrected chi connectivity index (χ4v) is 4.05. The maximum atomic E-state index is 12.1. The summed E-state index contributed by atoms with van der Waals surface area (Å²) in [4.78, 5) is 0. The molecule has 21 heavy (non-hydrogen) atoms. The van der Waals surface area contributed by atoms with Gasteiger partial charge in [-0.1, -0.05) is 19.3 Å². The summed E-state index contributed by atoms with van der Waals surface area (Å²) in [6.07, 6.45) is 5.18. The van der Waals surface area contributed by atoms with Gasteiger partial charge in [-0.3, -0.25) is 0 Å². The zero-order valence-corrected chi connectivity index (χ0v) is 13.3. The van der Waals surface area contributed by atoms with Gasteiger partial charge in [0.25, 0.3) is 0 Å². The van der Waals surface area contributed by atoms with Crippen LogP contribution in [0.1, 0.15) is 39.0 Å². The van der Waals surface area contributed by atoms with Gasteiger partial charge in [-0.2, -0.15) is 0 Å². The van der Waals surface area contributed by atoms with E-state index < -0.39 is 10.0 Å². The monoisotopic (exact) mass is 312 g/mol. The number of nitrogens with two attached hydrogens (primary N) is 1. The van der Waals surface area contributed by atoms with Crippen molar-refractivity contribution in [3.05, 3.63) is 24.3 Å². The Hall–Kier alpha value is -1.27. The Bertz CT molecular complexity index is 549. The molecular formula is C15H24N2O3S. The van der Waals surface area contributed by atoms with Crippen molar-refractivity contribution < 1.29 is 13.2 Å². The molecule has 0 spiro atoms. The number of hydrogen-bond donors (Lipinski definition) is 2. The van der Waals surface area contributed by atoms with Crippen LogP contribution in [0.25, 0.3) is 0 Å². The fourth-order valence-electron chi connectivity index (χ4n) is 2.69. The SMILES string of the molecule is CC1(NS(=O)(=O)CCOc2ccc(N)cc2)CCCCC1. The summed E-state index contributed by atoms with van der Waals surface area (Å²) in [7, 11) is -3.32. The van der Waals surface area contributed by atoms with Crippen LogP contribution in [-0.2, 0) is 10.0 Å². The molecular weight excluding hydrogens is 288 g/mol. The molecule has 0 aliphatic heterocycles. The summed E-state index contributed by atoms with van der Waals surface area (Å²) >= 11 is 0. The number of hydrogen-bond acceptors (Lipinski definition) is 4. The second kappa shape index (κ2) is 6.66. The lowest BCUT2D eigenvalue weighted by Crippen LogP contribution is -2.48. The second-order valence-corrected chi connectivity index (χ2v) is 7.80. The maximum absolute atomic E-state index is 12.1. The van der Waals surface area contributed by atoms with Crippen molar-refractivity contribution in [2.75, 3.05) is 18.1 Å². The average Bonchev–Trinajstić information content (AvgIpc) is 2.40. The van der Waals surface area contributed by atoms with E-state index in [1.807, 2.05) is 6.92 Å². The minimum atomic E-state index is -3.32. The number of benzene rings is 1. The van der Waals surface area contributed by atoms with Crippen molar-refractivity contribution in [3.63, 3.8) is 0 Å². The summed E-state index contributed by atoms with van der Waals surface area (Å²) in [6.45, 7) is 2.12. The van der Waals surface area contributed by atoms with Crippen molar-refractivity contribution in [2.45, 2.75) is 44.6 Å². The van der Waals surface area contributed by atoms with Gasteiger partial charge in [0.2, 0.25) is 10.0 Å². The zero-order valence-electron chi connectivity index (χ0n) is 12.5. The number of ether oxygens (including phenoxy) is 1. The first-order chi connectivity index (χ1) is 9.89. The number of nitrogen functional groups attached to an aromatic ring is 1. The van der Waals surface area contributed by atoms with E-state index in [1.165, 1.54) is 6.42 Å². The molecule has 5 nitrogen and oxygen atoms in total. The van der Waals surface area contributed by atoms with Gasteiger partial charge in [0.15, 0.2) is 0 Å². The summed E-state index contributed by atoms with van der Waals surface area (Å²) in [6, 6.07) is 6.92. The van der Waals surface area contributed by atoms with E-state index in [-0.39, 0.29) is 17.9 Å². The predicted molar refractivity (Wildman–Crippen MR) is 84.8 cm³/mol. The van der Waals surface area contributed by atoms with Crippen molar-refractivity contribution in [1.29, 1.82) is 0 Å². The smallest absolute Gasteiger partial charge is 0.215 e. The first-order valence-electron chi connectivity index (χ1n) is 7.39. The molecule has 1 aromatic rings. The van der Waals surface area contributed by atoms with Crippen LogP contribution in [0.15, 0.2) is 24.3 Å². The third-order valence-corrected chi connectivity index (χ3v) is 5.37. The number of nitrogens with one attached hydrogen (secondary N) is 1. The second-order valence-electron chi connectivity index (χ2n) is 5.96. The number of sulfonamides is 1. The molecule has 0 atom stereocenters. The maximum Gasteiger partial charge on any atom is 0.215 e. The molecule has 0 saturated heterocycles. The minimum absolute atomic E-state index is 0.0348. The minimum Gasteiger partial charge on any atom is -0.492 e. The van der Waals surface area contributed by atoms with Crippen molar-refractivity contribution >= 4 is 15.7 Å².